The predicted octanol–water partition coefficient (Wildman–Crippen LogP) is 4.69. The lowest BCUT2D eigenvalue weighted by atomic mass is 10.2. The molecule has 0 aliphatic rings. The van der Waals surface area contributed by atoms with Gasteiger partial charge in [0.1, 0.15) is 6.61 Å². The second-order valence-corrected chi connectivity index (χ2v) is 5.58. The molecule has 0 radical (unpaired) electrons. The third-order valence-corrected chi connectivity index (χ3v) is 3.85. The van der Waals surface area contributed by atoms with Gasteiger partial charge >= 0.3 is 0 Å². The molecule has 0 aromatic heterocycles. The van der Waals surface area contributed by atoms with Crippen molar-refractivity contribution in [2.24, 2.45) is 0 Å². The van der Waals surface area contributed by atoms with Gasteiger partial charge < -0.3 is 14.8 Å². The van der Waals surface area contributed by atoms with E-state index in [1.807, 2.05) is 36.4 Å². The number of methoxy groups -OCH3 is 1. The lowest BCUT2D eigenvalue weighted by Crippen LogP contribution is -2.12. The zero-order valence-electron chi connectivity index (χ0n) is 12.7. The Kier molecular flexibility index (Phi) is 6.37. The van der Waals surface area contributed by atoms with E-state index in [2.05, 4.69) is 12.2 Å². The largest absolute Gasteiger partial charge is 0.493 e. The number of ether oxygens (including phenoxy) is 2. The van der Waals surface area contributed by atoms with Crippen LogP contribution in [0, 0.1) is 0 Å². The molecule has 118 valence electrons. The third-order valence-electron chi connectivity index (χ3n) is 3.20. The van der Waals surface area contributed by atoms with Crippen molar-refractivity contribution in [3.05, 3.63) is 57.6 Å². The van der Waals surface area contributed by atoms with E-state index in [9.17, 15) is 0 Å². The SMILES string of the molecule is CCNCc1cc(Cl)c(OCc2ccccc2Cl)c(OC)c1. The van der Waals surface area contributed by atoms with E-state index in [0.29, 0.717) is 28.2 Å². The Labute approximate surface area is 141 Å². The topological polar surface area (TPSA) is 30.5 Å². The molecule has 2 aromatic rings. The van der Waals surface area contributed by atoms with E-state index in [-0.39, 0.29) is 0 Å². The van der Waals surface area contributed by atoms with Crippen LogP contribution in [0.15, 0.2) is 36.4 Å². The van der Waals surface area contributed by atoms with Crippen molar-refractivity contribution in [2.75, 3.05) is 13.7 Å². The first-order valence-corrected chi connectivity index (χ1v) is 7.84. The summed E-state index contributed by atoms with van der Waals surface area (Å²) < 4.78 is 11.2. The number of nitrogens with one attached hydrogen (secondary N) is 1. The Balaban J connectivity index is 2.18. The van der Waals surface area contributed by atoms with Gasteiger partial charge in [-0.15, -0.1) is 0 Å². The van der Waals surface area contributed by atoms with Crippen LogP contribution in [0.2, 0.25) is 10.0 Å². The van der Waals surface area contributed by atoms with Crippen LogP contribution in [-0.4, -0.2) is 13.7 Å². The van der Waals surface area contributed by atoms with E-state index < -0.39 is 0 Å². The molecule has 0 fully saturated rings. The highest BCUT2D eigenvalue weighted by atomic mass is 35.5. The predicted molar refractivity (Wildman–Crippen MR) is 91.2 cm³/mol. The van der Waals surface area contributed by atoms with Crippen LogP contribution in [0.1, 0.15) is 18.1 Å². The zero-order valence-corrected chi connectivity index (χ0v) is 14.2. The lowest BCUT2D eigenvalue weighted by Gasteiger charge is -2.15. The summed E-state index contributed by atoms with van der Waals surface area (Å²) in [4.78, 5) is 0. The molecule has 0 saturated heterocycles. The number of rotatable bonds is 7. The van der Waals surface area contributed by atoms with Gasteiger partial charge in [0.05, 0.1) is 12.1 Å². The molecule has 0 amide bonds. The minimum atomic E-state index is 0.336. The Morgan fingerprint density at radius 1 is 1.09 bits per heavy atom. The Morgan fingerprint density at radius 2 is 1.86 bits per heavy atom. The van der Waals surface area contributed by atoms with Crippen molar-refractivity contribution in [1.29, 1.82) is 0 Å². The van der Waals surface area contributed by atoms with Crippen LogP contribution < -0.4 is 14.8 Å². The van der Waals surface area contributed by atoms with Gasteiger partial charge in [0.15, 0.2) is 11.5 Å². The van der Waals surface area contributed by atoms with Crippen LogP contribution in [0.4, 0.5) is 0 Å². The molecule has 0 spiro atoms. The van der Waals surface area contributed by atoms with Gasteiger partial charge in [0.25, 0.3) is 0 Å². The lowest BCUT2D eigenvalue weighted by molar-refractivity contribution is 0.284. The molecule has 0 heterocycles. The summed E-state index contributed by atoms with van der Waals surface area (Å²) >= 11 is 12.5. The maximum atomic E-state index is 6.33. The second kappa shape index (κ2) is 8.28. The Hall–Kier alpha value is -1.42. The molecule has 0 aliphatic heterocycles. The van der Waals surface area contributed by atoms with Gasteiger partial charge in [-0.2, -0.15) is 0 Å². The Bertz CT molecular complexity index is 632. The van der Waals surface area contributed by atoms with Gasteiger partial charge in [-0.3, -0.25) is 0 Å². The first kappa shape index (κ1) is 16.9. The fraction of sp³-hybridized carbons (Fsp3) is 0.294. The summed E-state index contributed by atoms with van der Waals surface area (Å²) in [7, 11) is 1.60. The van der Waals surface area contributed by atoms with E-state index >= 15 is 0 Å². The van der Waals surface area contributed by atoms with Gasteiger partial charge in [-0.05, 0) is 30.3 Å². The number of hydrogen-bond donors (Lipinski definition) is 1. The minimum absolute atomic E-state index is 0.336. The summed E-state index contributed by atoms with van der Waals surface area (Å²) in [6.45, 7) is 4.02. The minimum Gasteiger partial charge on any atom is -0.493 e. The van der Waals surface area contributed by atoms with Gasteiger partial charge in [0, 0.05) is 17.1 Å². The fourth-order valence-corrected chi connectivity index (χ4v) is 2.53. The highest BCUT2D eigenvalue weighted by Gasteiger charge is 2.13. The average molecular weight is 340 g/mol. The standard InChI is InChI=1S/C17H19Cl2NO2/c1-3-20-10-12-8-15(19)17(16(9-12)21-2)22-11-13-6-4-5-7-14(13)18/h4-9,20H,3,10-11H2,1-2H3. The molecule has 2 rings (SSSR count). The molecule has 0 bridgehead atoms. The maximum absolute atomic E-state index is 6.33. The van der Waals surface area contributed by atoms with Crippen molar-refractivity contribution in [1.82, 2.24) is 5.32 Å². The van der Waals surface area contributed by atoms with Gasteiger partial charge in [-0.1, -0.05) is 48.3 Å². The van der Waals surface area contributed by atoms with Crippen molar-refractivity contribution in [3.63, 3.8) is 0 Å². The van der Waals surface area contributed by atoms with Crippen molar-refractivity contribution in [3.8, 4) is 11.5 Å². The van der Waals surface area contributed by atoms with Crippen molar-refractivity contribution >= 4 is 23.2 Å². The summed E-state index contributed by atoms with van der Waals surface area (Å²) in [5.41, 5.74) is 1.95. The van der Waals surface area contributed by atoms with Gasteiger partial charge in [-0.25, -0.2) is 0 Å². The van der Waals surface area contributed by atoms with E-state index in [4.69, 9.17) is 32.7 Å². The highest BCUT2D eigenvalue weighted by molar-refractivity contribution is 6.32. The fourth-order valence-electron chi connectivity index (χ4n) is 2.05. The van der Waals surface area contributed by atoms with Crippen LogP contribution in [-0.2, 0) is 13.2 Å². The molecule has 0 aliphatic carbocycles. The summed E-state index contributed by atoms with van der Waals surface area (Å²) in [5, 5.41) is 4.45. The summed E-state index contributed by atoms with van der Waals surface area (Å²) in [5.74, 6) is 1.15. The molecular weight excluding hydrogens is 321 g/mol. The first-order valence-electron chi connectivity index (χ1n) is 7.09. The number of benzene rings is 2. The van der Waals surface area contributed by atoms with Crippen LogP contribution in [0.3, 0.4) is 0 Å². The number of halogens is 2. The molecule has 3 nitrogen and oxygen atoms in total. The Morgan fingerprint density at radius 3 is 2.55 bits per heavy atom. The first-order chi connectivity index (χ1) is 10.7. The highest BCUT2D eigenvalue weighted by Crippen LogP contribution is 2.37. The number of hydrogen-bond acceptors (Lipinski definition) is 3. The van der Waals surface area contributed by atoms with Crippen LogP contribution in [0.25, 0.3) is 0 Å². The molecule has 0 unspecified atom stereocenters. The third kappa shape index (κ3) is 4.29. The molecule has 5 heteroatoms. The molecule has 22 heavy (non-hydrogen) atoms. The van der Waals surface area contributed by atoms with E-state index in [0.717, 1.165) is 24.2 Å². The monoisotopic (exact) mass is 339 g/mol. The van der Waals surface area contributed by atoms with Crippen molar-refractivity contribution in [2.45, 2.75) is 20.1 Å². The molecule has 2 aromatic carbocycles. The average Bonchev–Trinajstić information content (AvgIpc) is 2.52. The summed E-state index contributed by atoms with van der Waals surface area (Å²) in [6.07, 6.45) is 0. The zero-order chi connectivity index (χ0) is 15.9. The molecule has 0 atom stereocenters. The second-order valence-electron chi connectivity index (χ2n) is 4.77. The van der Waals surface area contributed by atoms with Gasteiger partial charge in [0.2, 0.25) is 0 Å². The van der Waals surface area contributed by atoms with E-state index in [1.54, 1.807) is 7.11 Å². The molecular formula is C17H19Cl2NO2. The normalized spacial score (nSPS) is 10.5. The molecule has 1 N–H and O–H groups in total. The quantitative estimate of drug-likeness (QED) is 0.793. The molecule has 0 saturated carbocycles. The smallest absolute Gasteiger partial charge is 0.180 e. The summed E-state index contributed by atoms with van der Waals surface area (Å²) in [6, 6.07) is 11.4. The van der Waals surface area contributed by atoms with Crippen LogP contribution >= 0.6 is 23.2 Å². The van der Waals surface area contributed by atoms with Crippen LogP contribution in [0.5, 0.6) is 11.5 Å². The van der Waals surface area contributed by atoms with E-state index in [1.165, 1.54) is 0 Å². The maximum Gasteiger partial charge on any atom is 0.180 e. The van der Waals surface area contributed by atoms with Crippen molar-refractivity contribution < 1.29 is 9.47 Å².